The van der Waals surface area contributed by atoms with Crippen molar-refractivity contribution in [3.8, 4) is 0 Å². The van der Waals surface area contributed by atoms with E-state index in [-0.39, 0.29) is 6.17 Å². The minimum Gasteiger partial charge on any atom is -0.379 e. The Morgan fingerprint density at radius 2 is 1.47 bits per heavy atom. The molecule has 0 atom stereocenters. The highest BCUT2D eigenvalue weighted by Crippen LogP contribution is 2.25. The second-order valence-electron chi connectivity index (χ2n) is 4.92. The van der Waals surface area contributed by atoms with Crippen LogP contribution in [0.5, 0.6) is 0 Å². The molecule has 0 N–H and O–H groups in total. The van der Waals surface area contributed by atoms with Gasteiger partial charge in [-0.2, -0.15) is 0 Å². The normalized spacial score (nSPS) is 22.8. The van der Waals surface area contributed by atoms with Gasteiger partial charge in [0.15, 0.2) is 0 Å². The molecule has 1 aromatic heterocycles. The van der Waals surface area contributed by atoms with Gasteiger partial charge in [0.1, 0.15) is 6.17 Å². The van der Waals surface area contributed by atoms with E-state index >= 15 is 0 Å². The second kappa shape index (κ2) is 6.43. The van der Waals surface area contributed by atoms with Gasteiger partial charge < -0.3 is 9.47 Å². The van der Waals surface area contributed by atoms with E-state index in [9.17, 15) is 0 Å². The van der Waals surface area contributed by atoms with Gasteiger partial charge in [-0.05, 0) is 12.1 Å². The first-order valence-corrected chi connectivity index (χ1v) is 7.00. The molecule has 2 fully saturated rings. The van der Waals surface area contributed by atoms with Crippen molar-refractivity contribution in [1.29, 1.82) is 0 Å². The zero-order valence-corrected chi connectivity index (χ0v) is 11.2. The third kappa shape index (κ3) is 3.12. The fourth-order valence-corrected chi connectivity index (χ4v) is 2.78. The van der Waals surface area contributed by atoms with Crippen LogP contribution >= 0.6 is 0 Å². The molecule has 0 aromatic carbocycles. The molecule has 0 saturated carbocycles. The van der Waals surface area contributed by atoms with Crippen LogP contribution in [0.15, 0.2) is 24.4 Å². The van der Waals surface area contributed by atoms with Crippen molar-refractivity contribution in [2.75, 3.05) is 52.6 Å². The van der Waals surface area contributed by atoms with Gasteiger partial charge in [0.2, 0.25) is 0 Å². The molecule has 5 heteroatoms. The highest BCUT2D eigenvalue weighted by atomic mass is 16.5. The molecule has 0 aliphatic carbocycles. The van der Waals surface area contributed by atoms with Crippen molar-refractivity contribution in [2.24, 2.45) is 0 Å². The van der Waals surface area contributed by atoms with Crippen LogP contribution in [0.2, 0.25) is 0 Å². The molecule has 1 aromatic rings. The molecule has 0 amide bonds. The molecule has 5 nitrogen and oxygen atoms in total. The Kier molecular flexibility index (Phi) is 4.40. The molecule has 2 saturated heterocycles. The third-order valence-corrected chi connectivity index (χ3v) is 3.74. The molecule has 0 unspecified atom stereocenters. The van der Waals surface area contributed by atoms with Crippen molar-refractivity contribution in [2.45, 2.75) is 6.17 Å². The summed E-state index contributed by atoms with van der Waals surface area (Å²) in [5, 5.41) is 0. The smallest absolute Gasteiger partial charge is 0.106 e. The lowest BCUT2D eigenvalue weighted by atomic mass is 10.2. The Hall–Kier alpha value is -1.01. The maximum absolute atomic E-state index is 5.47. The number of morpholine rings is 2. The molecule has 2 aliphatic heterocycles. The minimum absolute atomic E-state index is 0.258. The van der Waals surface area contributed by atoms with Gasteiger partial charge in [-0.1, -0.05) is 6.07 Å². The van der Waals surface area contributed by atoms with Gasteiger partial charge in [0.25, 0.3) is 0 Å². The molecule has 3 rings (SSSR count). The number of nitrogens with zero attached hydrogens (tertiary/aromatic N) is 3. The van der Waals surface area contributed by atoms with E-state index in [2.05, 4.69) is 26.9 Å². The molecule has 104 valence electrons. The summed E-state index contributed by atoms with van der Waals surface area (Å²) in [6, 6.07) is 6.16. The topological polar surface area (TPSA) is 37.8 Å². The van der Waals surface area contributed by atoms with Gasteiger partial charge in [-0.15, -0.1) is 0 Å². The lowest BCUT2D eigenvalue weighted by Crippen LogP contribution is -2.50. The highest BCUT2D eigenvalue weighted by molar-refractivity contribution is 5.09. The average Bonchev–Trinajstić information content (AvgIpc) is 2.51. The Bertz CT molecular complexity index is 358. The van der Waals surface area contributed by atoms with E-state index in [1.807, 2.05) is 12.3 Å². The Morgan fingerprint density at radius 3 is 1.95 bits per heavy atom. The van der Waals surface area contributed by atoms with Crippen LogP contribution in [-0.2, 0) is 9.47 Å². The van der Waals surface area contributed by atoms with Gasteiger partial charge >= 0.3 is 0 Å². The van der Waals surface area contributed by atoms with E-state index in [4.69, 9.17) is 9.47 Å². The van der Waals surface area contributed by atoms with Crippen molar-refractivity contribution < 1.29 is 9.47 Å². The predicted molar refractivity (Wildman–Crippen MR) is 71.8 cm³/mol. The van der Waals surface area contributed by atoms with E-state index < -0.39 is 0 Å². The van der Waals surface area contributed by atoms with E-state index in [1.54, 1.807) is 0 Å². The van der Waals surface area contributed by atoms with Crippen molar-refractivity contribution >= 4 is 0 Å². The fourth-order valence-electron chi connectivity index (χ4n) is 2.78. The Labute approximate surface area is 114 Å². The lowest BCUT2D eigenvalue weighted by molar-refractivity contribution is -0.0690. The number of hydrogen-bond donors (Lipinski definition) is 0. The van der Waals surface area contributed by atoms with Crippen molar-refractivity contribution in [3.63, 3.8) is 0 Å². The SMILES string of the molecule is c1ccc(C(N2CCOCC2)N2CCOCC2)nc1. The van der Waals surface area contributed by atoms with Crippen LogP contribution < -0.4 is 0 Å². The van der Waals surface area contributed by atoms with Crippen molar-refractivity contribution in [3.05, 3.63) is 30.1 Å². The lowest BCUT2D eigenvalue weighted by Gasteiger charge is -2.42. The second-order valence-corrected chi connectivity index (χ2v) is 4.92. The number of ether oxygens (including phenoxy) is 2. The average molecular weight is 263 g/mol. The zero-order chi connectivity index (χ0) is 12.9. The van der Waals surface area contributed by atoms with Crippen LogP contribution in [0.25, 0.3) is 0 Å². The van der Waals surface area contributed by atoms with Crippen LogP contribution in [0.3, 0.4) is 0 Å². The largest absolute Gasteiger partial charge is 0.379 e. The van der Waals surface area contributed by atoms with E-state index in [1.165, 1.54) is 0 Å². The number of rotatable bonds is 3. The van der Waals surface area contributed by atoms with Crippen LogP contribution in [0, 0.1) is 0 Å². The molecular weight excluding hydrogens is 242 g/mol. The summed E-state index contributed by atoms with van der Waals surface area (Å²) in [6.07, 6.45) is 2.14. The van der Waals surface area contributed by atoms with Crippen LogP contribution in [0.1, 0.15) is 11.9 Å². The predicted octanol–water partition coefficient (Wildman–Crippen LogP) is 0.745. The summed E-state index contributed by atoms with van der Waals surface area (Å²) < 4.78 is 10.9. The molecular formula is C14H21N3O2. The summed E-state index contributed by atoms with van der Waals surface area (Å²) in [4.78, 5) is 9.50. The number of pyridine rings is 1. The molecule has 0 bridgehead atoms. The molecule has 0 radical (unpaired) electrons. The highest BCUT2D eigenvalue weighted by Gasteiger charge is 2.30. The fraction of sp³-hybridized carbons (Fsp3) is 0.643. The molecule has 19 heavy (non-hydrogen) atoms. The quantitative estimate of drug-likeness (QED) is 0.804. The number of aromatic nitrogens is 1. The summed E-state index contributed by atoms with van der Waals surface area (Å²) in [5.74, 6) is 0. The molecule has 2 aliphatic rings. The van der Waals surface area contributed by atoms with Gasteiger partial charge in [0.05, 0.1) is 32.1 Å². The number of hydrogen-bond acceptors (Lipinski definition) is 5. The van der Waals surface area contributed by atoms with Gasteiger partial charge in [-0.3, -0.25) is 14.8 Å². The van der Waals surface area contributed by atoms with E-state index in [0.29, 0.717) is 0 Å². The first-order chi connectivity index (χ1) is 9.45. The maximum Gasteiger partial charge on any atom is 0.106 e. The van der Waals surface area contributed by atoms with Gasteiger partial charge in [0, 0.05) is 32.4 Å². The van der Waals surface area contributed by atoms with Crippen molar-refractivity contribution in [1.82, 2.24) is 14.8 Å². The monoisotopic (exact) mass is 263 g/mol. The Morgan fingerprint density at radius 1 is 0.895 bits per heavy atom. The summed E-state index contributed by atoms with van der Waals surface area (Å²) in [6.45, 7) is 7.14. The van der Waals surface area contributed by atoms with Gasteiger partial charge in [-0.25, -0.2) is 0 Å². The Balaban J connectivity index is 1.81. The summed E-state index contributed by atoms with van der Waals surface area (Å²) >= 11 is 0. The maximum atomic E-state index is 5.47. The first kappa shape index (κ1) is 13.0. The van der Waals surface area contributed by atoms with Crippen LogP contribution in [-0.4, -0.2) is 67.4 Å². The minimum atomic E-state index is 0.258. The zero-order valence-electron chi connectivity index (χ0n) is 11.2. The summed E-state index contributed by atoms with van der Waals surface area (Å²) in [5.41, 5.74) is 1.13. The molecule has 3 heterocycles. The standard InChI is InChI=1S/C14H21N3O2/c1-2-4-15-13(3-1)14(16-5-9-18-10-6-16)17-7-11-19-12-8-17/h1-4,14H,5-12H2. The first-order valence-electron chi connectivity index (χ1n) is 7.00. The van der Waals surface area contributed by atoms with E-state index in [0.717, 1.165) is 58.3 Å². The summed E-state index contributed by atoms with van der Waals surface area (Å²) in [7, 11) is 0. The van der Waals surface area contributed by atoms with Crippen LogP contribution in [0.4, 0.5) is 0 Å². The molecule has 0 spiro atoms. The third-order valence-electron chi connectivity index (χ3n) is 3.74.